The number of hydrogen-bond donors (Lipinski definition) is 2. The minimum atomic E-state index is -1.09. The summed E-state index contributed by atoms with van der Waals surface area (Å²) in [6, 6.07) is 8.47. The molecular weight excluding hydrogens is 330 g/mol. The second kappa shape index (κ2) is 7.74. The van der Waals surface area contributed by atoms with E-state index in [1.807, 2.05) is 25.3 Å². The predicted molar refractivity (Wildman–Crippen MR) is 88.0 cm³/mol. The van der Waals surface area contributed by atoms with Crippen molar-refractivity contribution in [2.24, 2.45) is 0 Å². The molecule has 0 aromatic heterocycles. The summed E-state index contributed by atoms with van der Waals surface area (Å²) in [6.07, 6.45) is -0.925. The van der Waals surface area contributed by atoms with Crippen LogP contribution in [0.15, 0.2) is 36.4 Å². The van der Waals surface area contributed by atoms with Gasteiger partial charge in [0.1, 0.15) is 22.9 Å². The predicted octanol–water partition coefficient (Wildman–Crippen LogP) is 2.81. The number of carbonyl (C=O) groups is 2. The summed E-state index contributed by atoms with van der Waals surface area (Å²) in [5, 5.41) is 0. The van der Waals surface area contributed by atoms with Gasteiger partial charge in [0.05, 0.1) is 0 Å². The van der Waals surface area contributed by atoms with E-state index in [0.29, 0.717) is 5.75 Å². The van der Waals surface area contributed by atoms with Crippen molar-refractivity contribution in [3.05, 3.63) is 64.7 Å². The number of aryl methyl sites for hydroxylation is 1. The first kappa shape index (κ1) is 18.4. The number of halogens is 2. The highest BCUT2D eigenvalue weighted by Crippen LogP contribution is 2.21. The Labute approximate surface area is 144 Å². The Morgan fingerprint density at radius 1 is 1.00 bits per heavy atom. The minimum absolute atomic E-state index is 0.536. The van der Waals surface area contributed by atoms with E-state index in [4.69, 9.17) is 4.74 Å². The van der Waals surface area contributed by atoms with Crippen LogP contribution in [0.3, 0.4) is 0 Å². The number of nitrogens with one attached hydrogen (secondary N) is 2. The molecule has 1 atom stereocenters. The van der Waals surface area contributed by atoms with Gasteiger partial charge in [-0.3, -0.25) is 20.4 Å². The van der Waals surface area contributed by atoms with Crippen LogP contribution in [0.5, 0.6) is 5.75 Å². The monoisotopic (exact) mass is 348 g/mol. The summed E-state index contributed by atoms with van der Waals surface area (Å²) in [6.45, 7) is 5.26. The number of rotatable bonds is 4. The van der Waals surface area contributed by atoms with Gasteiger partial charge in [-0.05, 0) is 50.1 Å². The van der Waals surface area contributed by atoms with Crippen molar-refractivity contribution >= 4 is 11.8 Å². The topological polar surface area (TPSA) is 67.4 Å². The minimum Gasteiger partial charge on any atom is -0.481 e. The van der Waals surface area contributed by atoms with E-state index in [-0.39, 0.29) is 0 Å². The van der Waals surface area contributed by atoms with Crippen LogP contribution in [0.4, 0.5) is 8.78 Å². The Hall–Kier alpha value is -2.96. The molecule has 7 heteroatoms. The molecule has 0 radical (unpaired) electrons. The van der Waals surface area contributed by atoms with Crippen molar-refractivity contribution in [1.82, 2.24) is 10.9 Å². The van der Waals surface area contributed by atoms with E-state index in [9.17, 15) is 18.4 Å². The van der Waals surface area contributed by atoms with Gasteiger partial charge in [-0.25, -0.2) is 8.78 Å². The molecule has 25 heavy (non-hydrogen) atoms. The van der Waals surface area contributed by atoms with Crippen molar-refractivity contribution in [1.29, 1.82) is 0 Å². The van der Waals surface area contributed by atoms with Crippen molar-refractivity contribution < 1.29 is 23.1 Å². The van der Waals surface area contributed by atoms with Crippen molar-refractivity contribution in [2.75, 3.05) is 0 Å². The molecule has 0 aliphatic heterocycles. The number of ether oxygens (including phenoxy) is 1. The Kier molecular flexibility index (Phi) is 5.69. The fraction of sp³-hybridized carbons (Fsp3) is 0.222. The molecule has 2 N–H and O–H groups in total. The highest BCUT2D eigenvalue weighted by Gasteiger charge is 2.20. The maximum Gasteiger partial charge on any atom is 0.279 e. The van der Waals surface area contributed by atoms with E-state index >= 15 is 0 Å². The molecule has 0 bridgehead atoms. The molecule has 0 fully saturated rings. The van der Waals surface area contributed by atoms with Gasteiger partial charge in [-0.15, -0.1) is 0 Å². The highest BCUT2D eigenvalue weighted by molar-refractivity contribution is 5.96. The van der Waals surface area contributed by atoms with Gasteiger partial charge >= 0.3 is 0 Å². The second-order valence-corrected chi connectivity index (χ2v) is 5.50. The number of hydrazine groups is 1. The molecule has 0 aliphatic rings. The third kappa shape index (κ3) is 4.32. The smallest absolute Gasteiger partial charge is 0.279 e. The average Bonchev–Trinajstić information content (AvgIpc) is 2.56. The summed E-state index contributed by atoms with van der Waals surface area (Å²) in [5.41, 5.74) is 5.19. The van der Waals surface area contributed by atoms with E-state index in [0.717, 1.165) is 29.3 Å². The van der Waals surface area contributed by atoms with Crippen LogP contribution in [0.1, 0.15) is 28.4 Å². The Balaban J connectivity index is 1.97. The highest BCUT2D eigenvalue weighted by atomic mass is 19.1. The largest absolute Gasteiger partial charge is 0.481 e. The normalized spacial score (nSPS) is 11.6. The average molecular weight is 348 g/mol. The molecule has 2 aromatic rings. The summed E-state index contributed by atoms with van der Waals surface area (Å²) >= 11 is 0. The molecule has 0 saturated carbocycles. The molecule has 132 valence electrons. The van der Waals surface area contributed by atoms with Crippen LogP contribution in [-0.4, -0.2) is 17.9 Å². The maximum atomic E-state index is 13.5. The van der Waals surface area contributed by atoms with E-state index in [2.05, 4.69) is 5.43 Å². The fourth-order valence-corrected chi connectivity index (χ4v) is 2.09. The Morgan fingerprint density at radius 2 is 1.60 bits per heavy atom. The second-order valence-electron chi connectivity index (χ2n) is 5.50. The number of benzene rings is 2. The van der Waals surface area contributed by atoms with Crippen LogP contribution in [0.2, 0.25) is 0 Å². The van der Waals surface area contributed by atoms with Crippen LogP contribution in [-0.2, 0) is 4.79 Å². The first-order valence-electron chi connectivity index (χ1n) is 7.58. The molecule has 0 spiro atoms. The first-order valence-corrected chi connectivity index (χ1v) is 7.58. The van der Waals surface area contributed by atoms with Crippen molar-refractivity contribution in [2.45, 2.75) is 26.9 Å². The van der Waals surface area contributed by atoms with Gasteiger partial charge in [-0.1, -0.05) is 18.2 Å². The van der Waals surface area contributed by atoms with Crippen LogP contribution < -0.4 is 15.6 Å². The van der Waals surface area contributed by atoms with Crippen LogP contribution >= 0.6 is 0 Å². The van der Waals surface area contributed by atoms with Gasteiger partial charge in [-0.2, -0.15) is 0 Å². The molecule has 1 unspecified atom stereocenters. The SMILES string of the molecule is Cc1cccc(OC(C)C(=O)NNC(=O)c2c(F)cccc2F)c1C. The molecule has 0 heterocycles. The third-order valence-corrected chi connectivity index (χ3v) is 3.72. The van der Waals surface area contributed by atoms with E-state index < -0.39 is 35.1 Å². The van der Waals surface area contributed by atoms with Crippen LogP contribution in [0.25, 0.3) is 0 Å². The molecular formula is C18H18F2N2O3. The van der Waals surface area contributed by atoms with Gasteiger partial charge < -0.3 is 4.74 Å². The summed E-state index contributed by atoms with van der Waals surface area (Å²) in [4.78, 5) is 23.8. The third-order valence-electron chi connectivity index (χ3n) is 3.72. The lowest BCUT2D eigenvalue weighted by atomic mass is 10.1. The molecule has 2 rings (SSSR count). The van der Waals surface area contributed by atoms with E-state index in [1.54, 1.807) is 12.1 Å². The molecule has 2 amide bonds. The Morgan fingerprint density at radius 3 is 2.24 bits per heavy atom. The van der Waals surface area contributed by atoms with Gasteiger partial charge in [0, 0.05) is 0 Å². The maximum absolute atomic E-state index is 13.5. The summed E-state index contributed by atoms with van der Waals surface area (Å²) < 4.78 is 32.6. The Bertz CT molecular complexity index is 789. The van der Waals surface area contributed by atoms with Crippen molar-refractivity contribution in [3.63, 3.8) is 0 Å². The van der Waals surface area contributed by atoms with Gasteiger partial charge in [0.2, 0.25) is 0 Å². The molecule has 0 aliphatic carbocycles. The fourth-order valence-electron chi connectivity index (χ4n) is 2.09. The number of carbonyl (C=O) groups excluding carboxylic acids is 2. The molecule has 0 saturated heterocycles. The zero-order chi connectivity index (χ0) is 18.6. The van der Waals surface area contributed by atoms with Crippen molar-refractivity contribution in [3.8, 4) is 5.75 Å². The quantitative estimate of drug-likeness (QED) is 0.835. The first-order chi connectivity index (χ1) is 11.8. The lowest BCUT2D eigenvalue weighted by molar-refractivity contribution is -0.128. The van der Waals surface area contributed by atoms with Gasteiger partial charge in [0.25, 0.3) is 11.8 Å². The summed E-state index contributed by atoms with van der Waals surface area (Å²) in [7, 11) is 0. The lowest BCUT2D eigenvalue weighted by Gasteiger charge is -2.17. The zero-order valence-electron chi connectivity index (χ0n) is 14.0. The lowest BCUT2D eigenvalue weighted by Crippen LogP contribution is -2.47. The number of amides is 2. The zero-order valence-corrected chi connectivity index (χ0v) is 14.0. The van der Waals surface area contributed by atoms with Crippen LogP contribution in [0, 0.1) is 25.5 Å². The van der Waals surface area contributed by atoms with Gasteiger partial charge in [0.15, 0.2) is 6.10 Å². The standard InChI is InChI=1S/C18H18F2N2O3/c1-10-6-4-9-15(11(10)2)25-12(3)17(23)21-22-18(24)16-13(19)7-5-8-14(16)20/h4-9,12H,1-3H3,(H,21,23)(H,22,24). The molecule has 2 aromatic carbocycles. The number of hydrogen-bond acceptors (Lipinski definition) is 3. The van der Waals surface area contributed by atoms with E-state index in [1.165, 1.54) is 6.92 Å². The summed E-state index contributed by atoms with van der Waals surface area (Å²) in [5.74, 6) is -3.26. The molecule has 5 nitrogen and oxygen atoms in total.